The Morgan fingerprint density at radius 3 is 2.43 bits per heavy atom. The van der Waals surface area contributed by atoms with E-state index in [1.54, 1.807) is 12.1 Å². The van der Waals surface area contributed by atoms with E-state index < -0.39 is 6.10 Å². The largest absolute Gasteiger partial charge is 0.388 e. The van der Waals surface area contributed by atoms with E-state index >= 15 is 0 Å². The van der Waals surface area contributed by atoms with Gasteiger partial charge >= 0.3 is 0 Å². The summed E-state index contributed by atoms with van der Waals surface area (Å²) in [7, 11) is 0. The van der Waals surface area contributed by atoms with Crippen molar-refractivity contribution in [2.75, 3.05) is 0 Å². The lowest BCUT2D eigenvalue weighted by molar-refractivity contribution is 0.0641. The number of allylic oxidation sites excluding steroid dienone is 3. The summed E-state index contributed by atoms with van der Waals surface area (Å²) in [4.78, 5) is 0. The molecular weight excluding hydrogens is 263 g/mol. The van der Waals surface area contributed by atoms with Crippen molar-refractivity contribution in [3.05, 3.63) is 59.4 Å². The van der Waals surface area contributed by atoms with Crippen LogP contribution in [0, 0.1) is 11.2 Å². The van der Waals surface area contributed by atoms with Gasteiger partial charge in [-0.15, -0.1) is 0 Å². The fourth-order valence-corrected chi connectivity index (χ4v) is 2.40. The number of halogens is 1. The van der Waals surface area contributed by atoms with Crippen LogP contribution in [-0.2, 0) is 0 Å². The maximum absolute atomic E-state index is 13.0. The molecule has 1 aromatic rings. The number of aliphatic hydroxyl groups is 1. The van der Waals surface area contributed by atoms with Crippen LogP contribution in [0.4, 0.5) is 4.39 Å². The van der Waals surface area contributed by atoms with Crippen molar-refractivity contribution < 1.29 is 9.50 Å². The molecule has 2 atom stereocenters. The summed E-state index contributed by atoms with van der Waals surface area (Å²) < 4.78 is 13.0. The molecule has 0 bridgehead atoms. The Balaban J connectivity index is 2.96. The van der Waals surface area contributed by atoms with Gasteiger partial charge in [0.15, 0.2) is 0 Å². The van der Waals surface area contributed by atoms with Crippen LogP contribution in [0.1, 0.15) is 58.6 Å². The number of benzene rings is 1. The van der Waals surface area contributed by atoms with E-state index in [-0.39, 0.29) is 11.2 Å². The lowest BCUT2D eigenvalue weighted by atomic mass is 9.76. The van der Waals surface area contributed by atoms with Crippen LogP contribution in [-0.4, -0.2) is 5.11 Å². The first-order chi connectivity index (χ1) is 9.89. The summed E-state index contributed by atoms with van der Waals surface area (Å²) in [5, 5.41) is 10.7. The van der Waals surface area contributed by atoms with E-state index in [1.807, 2.05) is 0 Å². The second-order valence-corrected chi connectivity index (χ2v) is 6.09. The fourth-order valence-electron chi connectivity index (χ4n) is 2.40. The molecule has 1 N–H and O–H groups in total. The van der Waals surface area contributed by atoms with Crippen molar-refractivity contribution in [2.45, 2.75) is 53.1 Å². The van der Waals surface area contributed by atoms with E-state index in [4.69, 9.17) is 0 Å². The predicted octanol–water partition coefficient (Wildman–Crippen LogP) is 5.58. The van der Waals surface area contributed by atoms with Gasteiger partial charge in [0, 0.05) is 5.41 Å². The van der Waals surface area contributed by atoms with Crippen LogP contribution >= 0.6 is 0 Å². The Labute approximate surface area is 128 Å². The van der Waals surface area contributed by atoms with Crippen molar-refractivity contribution in [2.24, 2.45) is 5.41 Å². The molecule has 0 amide bonds. The minimum Gasteiger partial charge on any atom is -0.388 e. The summed E-state index contributed by atoms with van der Waals surface area (Å²) >= 11 is 0. The molecule has 21 heavy (non-hydrogen) atoms. The Kier molecular flexibility index (Phi) is 6.83. The van der Waals surface area contributed by atoms with Crippen LogP contribution in [0.15, 0.2) is 48.1 Å². The minimum absolute atomic E-state index is 0.277. The van der Waals surface area contributed by atoms with Gasteiger partial charge in [0.1, 0.15) is 5.82 Å². The topological polar surface area (TPSA) is 20.2 Å². The quantitative estimate of drug-likeness (QED) is 0.650. The average Bonchev–Trinajstić information content (AvgIpc) is 2.45. The lowest BCUT2D eigenvalue weighted by Crippen LogP contribution is -2.23. The van der Waals surface area contributed by atoms with Crippen molar-refractivity contribution in [1.82, 2.24) is 0 Å². The van der Waals surface area contributed by atoms with Crippen LogP contribution in [0.25, 0.3) is 0 Å². The van der Waals surface area contributed by atoms with Crippen LogP contribution in [0.5, 0.6) is 0 Å². The van der Waals surface area contributed by atoms with Gasteiger partial charge in [0.2, 0.25) is 0 Å². The Hall–Kier alpha value is -1.41. The minimum atomic E-state index is -0.633. The molecule has 1 aromatic carbocycles. The smallest absolute Gasteiger partial charge is 0.123 e. The molecule has 0 saturated heterocycles. The molecule has 1 rings (SSSR count). The highest BCUT2D eigenvalue weighted by molar-refractivity contribution is 5.22. The third-order valence-corrected chi connectivity index (χ3v) is 3.78. The third-order valence-electron chi connectivity index (χ3n) is 3.78. The zero-order valence-corrected chi connectivity index (χ0v) is 13.6. The summed E-state index contributed by atoms with van der Waals surface area (Å²) in [6.07, 6.45) is 8.46. The molecule has 0 aliphatic carbocycles. The fraction of sp³-hybridized carbons (Fsp3) is 0.474. The predicted molar refractivity (Wildman–Crippen MR) is 87.6 cm³/mol. The molecule has 2 unspecified atom stereocenters. The Morgan fingerprint density at radius 1 is 1.29 bits per heavy atom. The summed E-state index contributed by atoms with van der Waals surface area (Å²) in [5.41, 5.74) is 1.70. The van der Waals surface area contributed by atoms with Crippen LogP contribution in [0.3, 0.4) is 0 Å². The Morgan fingerprint density at radius 2 is 1.90 bits per heavy atom. The van der Waals surface area contributed by atoms with Crippen molar-refractivity contribution in [1.29, 1.82) is 0 Å². The van der Waals surface area contributed by atoms with Gasteiger partial charge in [-0.25, -0.2) is 4.39 Å². The molecule has 0 aliphatic rings. The highest BCUT2D eigenvalue weighted by atomic mass is 19.1. The first-order valence-corrected chi connectivity index (χ1v) is 7.63. The van der Waals surface area contributed by atoms with Gasteiger partial charge in [0.05, 0.1) is 6.10 Å². The van der Waals surface area contributed by atoms with E-state index in [0.29, 0.717) is 0 Å². The van der Waals surface area contributed by atoms with Crippen molar-refractivity contribution in [3.8, 4) is 0 Å². The normalized spacial score (nSPS) is 15.7. The van der Waals surface area contributed by atoms with Gasteiger partial charge in [-0.1, -0.05) is 49.8 Å². The monoisotopic (exact) mass is 290 g/mol. The van der Waals surface area contributed by atoms with E-state index in [2.05, 4.69) is 45.9 Å². The number of hydrogen-bond donors (Lipinski definition) is 1. The van der Waals surface area contributed by atoms with Gasteiger partial charge < -0.3 is 5.11 Å². The molecule has 0 aromatic heterocycles. The SMILES string of the molecule is CC/C=C/C(C)(CCC=C(C)C)C(O)c1ccc(F)cc1. The van der Waals surface area contributed by atoms with Gasteiger partial charge in [0.25, 0.3) is 0 Å². The van der Waals surface area contributed by atoms with E-state index in [1.165, 1.54) is 17.7 Å². The lowest BCUT2D eigenvalue weighted by Gasteiger charge is -2.32. The second kappa shape index (κ2) is 8.14. The van der Waals surface area contributed by atoms with Crippen molar-refractivity contribution >= 4 is 0 Å². The first kappa shape index (κ1) is 17.6. The van der Waals surface area contributed by atoms with Gasteiger partial charge in [-0.05, 0) is 50.8 Å². The highest BCUT2D eigenvalue weighted by Gasteiger charge is 2.30. The first-order valence-electron chi connectivity index (χ1n) is 7.63. The maximum atomic E-state index is 13.0. The van der Waals surface area contributed by atoms with E-state index in [9.17, 15) is 9.50 Å². The molecular formula is C19H27FO. The zero-order chi connectivity index (χ0) is 15.9. The summed E-state index contributed by atoms with van der Waals surface area (Å²) in [6, 6.07) is 6.13. The van der Waals surface area contributed by atoms with Gasteiger partial charge in [-0.3, -0.25) is 0 Å². The number of rotatable bonds is 7. The van der Waals surface area contributed by atoms with Crippen molar-refractivity contribution in [3.63, 3.8) is 0 Å². The molecule has 1 nitrogen and oxygen atoms in total. The second-order valence-electron chi connectivity index (χ2n) is 6.09. The summed E-state index contributed by atoms with van der Waals surface area (Å²) in [6.45, 7) is 8.30. The molecule has 2 heteroatoms. The van der Waals surface area contributed by atoms with E-state index in [0.717, 1.165) is 24.8 Å². The molecule has 0 radical (unpaired) electrons. The van der Waals surface area contributed by atoms with Crippen LogP contribution < -0.4 is 0 Å². The third kappa shape index (κ3) is 5.47. The summed E-state index contributed by atoms with van der Waals surface area (Å²) in [5.74, 6) is -0.277. The maximum Gasteiger partial charge on any atom is 0.123 e. The molecule has 116 valence electrons. The zero-order valence-electron chi connectivity index (χ0n) is 13.6. The standard InChI is InChI=1S/C19H27FO/c1-5-6-13-19(4,14-7-8-15(2)3)18(21)16-9-11-17(20)12-10-16/h6,8-13,18,21H,5,7,14H2,1-4H3/b13-6+. The average molecular weight is 290 g/mol. The van der Waals surface area contributed by atoms with Gasteiger partial charge in [-0.2, -0.15) is 0 Å². The Bertz CT molecular complexity index is 483. The van der Waals surface area contributed by atoms with Crippen LogP contribution in [0.2, 0.25) is 0 Å². The highest BCUT2D eigenvalue weighted by Crippen LogP contribution is 2.39. The molecule has 0 fully saturated rings. The molecule has 0 heterocycles. The molecule has 0 aliphatic heterocycles. The number of aliphatic hydroxyl groups excluding tert-OH is 1. The molecule has 0 saturated carbocycles. The molecule has 0 spiro atoms. The number of hydrogen-bond acceptors (Lipinski definition) is 1.